The van der Waals surface area contributed by atoms with Crippen molar-refractivity contribution in [2.45, 2.75) is 0 Å². The Bertz CT molecular complexity index is 348. The molecule has 1 amide bonds. The summed E-state index contributed by atoms with van der Waals surface area (Å²) < 4.78 is 0. The van der Waals surface area contributed by atoms with Gasteiger partial charge in [0, 0.05) is 0 Å². The van der Waals surface area contributed by atoms with Crippen LogP contribution in [0.4, 0.5) is 0 Å². The molecule has 0 bridgehead atoms. The number of nitrogens with zero attached hydrogens (tertiary/aromatic N) is 2. The van der Waals surface area contributed by atoms with Gasteiger partial charge in [-0.05, 0) is 17.7 Å². The van der Waals surface area contributed by atoms with Crippen LogP contribution in [-0.4, -0.2) is 12.6 Å². The zero-order chi connectivity index (χ0) is 9.52. The topological polar surface area (TPSA) is 65.2 Å². The van der Waals surface area contributed by atoms with Gasteiger partial charge >= 0.3 is 0 Å². The first kappa shape index (κ1) is 8.94. The van der Waals surface area contributed by atoms with Gasteiger partial charge in [-0.15, -0.1) is 0 Å². The molecule has 0 heterocycles. The van der Waals surface area contributed by atoms with Crippen molar-refractivity contribution in [1.29, 1.82) is 5.26 Å². The number of rotatable bonds is 3. The lowest BCUT2D eigenvalue weighted by molar-refractivity contribution is -0.109. The molecule has 0 saturated carbocycles. The zero-order valence-corrected chi connectivity index (χ0v) is 6.77. The van der Waals surface area contributed by atoms with Crippen molar-refractivity contribution in [3.8, 4) is 6.07 Å². The van der Waals surface area contributed by atoms with Crippen LogP contribution in [-0.2, 0) is 4.79 Å². The lowest BCUT2D eigenvalue weighted by Crippen LogP contribution is -2.00. The van der Waals surface area contributed by atoms with Gasteiger partial charge in [0.05, 0.1) is 17.8 Å². The number of nitrogens with one attached hydrogen (secondary N) is 1. The Labute approximate surface area is 75.5 Å². The summed E-state index contributed by atoms with van der Waals surface area (Å²) in [7, 11) is 0. The van der Waals surface area contributed by atoms with Crippen molar-refractivity contribution < 1.29 is 4.79 Å². The Morgan fingerprint density at radius 2 is 2.08 bits per heavy atom. The van der Waals surface area contributed by atoms with E-state index in [1.165, 1.54) is 6.21 Å². The Balaban J connectivity index is 2.70. The number of amides is 1. The number of nitriles is 1. The van der Waals surface area contributed by atoms with Gasteiger partial charge in [0.1, 0.15) is 0 Å². The van der Waals surface area contributed by atoms with Crippen LogP contribution in [0.25, 0.3) is 0 Å². The number of hydrogen-bond acceptors (Lipinski definition) is 3. The molecule has 1 rings (SSSR count). The predicted octanol–water partition coefficient (Wildman–Crippen LogP) is 0.638. The van der Waals surface area contributed by atoms with Gasteiger partial charge < -0.3 is 0 Å². The van der Waals surface area contributed by atoms with E-state index in [2.05, 4.69) is 10.5 Å². The van der Waals surface area contributed by atoms with E-state index in [-0.39, 0.29) is 0 Å². The van der Waals surface area contributed by atoms with Crippen LogP contribution in [0.5, 0.6) is 0 Å². The van der Waals surface area contributed by atoms with Crippen molar-refractivity contribution in [3.63, 3.8) is 0 Å². The predicted molar refractivity (Wildman–Crippen MR) is 48.0 cm³/mol. The third-order valence-electron chi connectivity index (χ3n) is 1.38. The molecule has 0 atom stereocenters. The molecule has 4 heteroatoms. The first-order valence-electron chi connectivity index (χ1n) is 3.59. The van der Waals surface area contributed by atoms with Gasteiger partial charge in [0.15, 0.2) is 0 Å². The molecule has 1 aromatic carbocycles. The molecule has 0 spiro atoms. The second-order valence-corrected chi connectivity index (χ2v) is 2.24. The lowest BCUT2D eigenvalue weighted by Gasteiger charge is -1.91. The van der Waals surface area contributed by atoms with Crippen LogP contribution in [0.2, 0.25) is 0 Å². The molecular formula is C9H7N3O. The van der Waals surface area contributed by atoms with Gasteiger partial charge in [-0.1, -0.05) is 12.1 Å². The maximum atomic E-state index is 9.83. The fourth-order valence-electron chi connectivity index (χ4n) is 0.786. The maximum Gasteiger partial charge on any atom is 0.227 e. The molecule has 0 aliphatic carbocycles. The molecule has 4 nitrogen and oxygen atoms in total. The van der Waals surface area contributed by atoms with Crippen LogP contribution < -0.4 is 5.43 Å². The minimum atomic E-state index is 0.486. The second-order valence-electron chi connectivity index (χ2n) is 2.24. The lowest BCUT2D eigenvalue weighted by atomic mass is 10.2. The number of hydrogen-bond donors (Lipinski definition) is 1. The van der Waals surface area contributed by atoms with Crippen LogP contribution >= 0.6 is 0 Å². The normalized spacial score (nSPS) is 9.46. The smallest absolute Gasteiger partial charge is 0.227 e. The Morgan fingerprint density at radius 1 is 1.38 bits per heavy atom. The van der Waals surface area contributed by atoms with E-state index in [0.717, 1.165) is 5.56 Å². The van der Waals surface area contributed by atoms with Crippen LogP contribution in [0, 0.1) is 11.3 Å². The monoisotopic (exact) mass is 173 g/mol. The SMILES string of the molecule is N#Cc1ccc(/C=N\NC=O)cc1. The maximum absolute atomic E-state index is 9.83. The molecule has 0 aromatic heterocycles. The molecule has 0 saturated heterocycles. The van der Waals surface area contributed by atoms with E-state index in [1.807, 2.05) is 6.07 Å². The molecule has 0 aliphatic heterocycles. The van der Waals surface area contributed by atoms with Gasteiger partial charge in [-0.2, -0.15) is 10.4 Å². The van der Waals surface area contributed by atoms with E-state index in [0.29, 0.717) is 12.0 Å². The molecule has 0 aliphatic rings. The average Bonchev–Trinajstić information content (AvgIpc) is 2.19. The summed E-state index contributed by atoms with van der Waals surface area (Å²) in [4.78, 5) is 9.83. The van der Waals surface area contributed by atoms with Crippen LogP contribution in [0.1, 0.15) is 11.1 Å². The highest BCUT2D eigenvalue weighted by Crippen LogP contribution is 1.99. The first-order valence-corrected chi connectivity index (χ1v) is 3.59. The van der Waals surface area contributed by atoms with Gasteiger partial charge in [-0.3, -0.25) is 4.79 Å². The van der Waals surface area contributed by atoms with Crippen molar-refractivity contribution >= 4 is 12.6 Å². The third-order valence-corrected chi connectivity index (χ3v) is 1.38. The highest BCUT2D eigenvalue weighted by Gasteiger charge is 1.88. The zero-order valence-electron chi connectivity index (χ0n) is 6.77. The van der Waals surface area contributed by atoms with E-state index >= 15 is 0 Å². The van der Waals surface area contributed by atoms with Gasteiger partial charge in [0.2, 0.25) is 6.41 Å². The number of carbonyl (C=O) groups is 1. The third kappa shape index (κ3) is 2.75. The Kier molecular flexibility index (Phi) is 3.21. The van der Waals surface area contributed by atoms with Crippen molar-refractivity contribution in [3.05, 3.63) is 35.4 Å². The fraction of sp³-hybridized carbons (Fsp3) is 0. The van der Waals surface area contributed by atoms with E-state index in [1.54, 1.807) is 24.3 Å². The quantitative estimate of drug-likeness (QED) is 0.414. The summed E-state index contributed by atoms with van der Waals surface area (Å²) >= 11 is 0. The van der Waals surface area contributed by atoms with E-state index in [4.69, 9.17) is 5.26 Å². The molecule has 0 fully saturated rings. The summed E-state index contributed by atoms with van der Waals surface area (Å²) in [6, 6.07) is 8.86. The largest absolute Gasteiger partial charge is 0.277 e. The molecule has 0 radical (unpaired) electrons. The highest BCUT2D eigenvalue weighted by molar-refractivity contribution is 5.80. The van der Waals surface area contributed by atoms with Crippen molar-refractivity contribution in [1.82, 2.24) is 5.43 Å². The summed E-state index contributed by atoms with van der Waals surface area (Å²) in [5.74, 6) is 0. The highest BCUT2D eigenvalue weighted by atomic mass is 16.1. The van der Waals surface area contributed by atoms with Crippen molar-refractivity contribution in [2.24, 2.45) is 5.10 Å². The molecule has 1 aromatic rings. The summed E-state index contributed by atoms with van der Waals surface area (Å²) in [6.45, 7) is 0. The van der Waals surface area contributed by atoms with Crippen LogP contribution in [0.3, 0.4) is 0 Å². The first-order chi connectivity index (χ1) is 6.36. The minimum Gasteiger partial charge on any atom is -0.277 e. The molecule has 64 valence electrons. The molecule has 0 unspecified atom stereocenters. The Morgan fingerprint density at radius 3 is 2.62 bits per heavy atom. The van der Waals surface area contributed by atoms with Crippen molar-refractivity contribution in [2.75, 3.05) is 0 Å². The molecule has 13 heavy (non-hydrogen) atoms. The van der Waals surface area contributed by atoms with Gasteiger partial charge in [0.25, 0.3) is 0 Å². The molecular weight excluding hydrogens is 166 g/mol. The van der Waals surface area contributed by atoms with Gasteiger partial charge in [-0.25, -0.2) is 5.43 Å². The average molecular weight is 173 g/mol. The number of hydrazone groups is 1. The Hall–Kier alpha value is -2.15. The van der Waals surface area contributed by atoms with E-state index in [9.17, 15) is 4.79 Å². The van der Waals surface area contributed by atoms with Crippen LogP contribution in [0.15, 0.2) is 29.4 Å². The van der Waals surface area contributed by atoms with E-state index < -0.39 is 0 Å². The summed E-state index contributed by atoms with van der Waals surface area (Å²) in [6.07, 6.45) is 1.98. The fourth-order valence-corrected chi connectivity index (χ4v) is 0.786. The minimum absolute atomic E-state index is 0.486. The summed E-state index contributed by atoms with van der Waals surface area (Å²) in [5, 5.41) is 12.1. The second kappa shape index (κ2) is 4.67. The summed E-state index contributed by atoms with van der Waals surface area (Å²) in [5.41, 5.74) is 3.57. The number of benzene rings is 1. The number of carbonyl (C=O) groups excluding carboxylic acids is 1. The molecule has 1 N–H and O–H groups in total. The standard InChI is InChI=1S/C9H7N3O/c10-5-8-1-3-9(4-2-8)6-11-12-7-13/h1-4,6-7H,(H,12,13)/b11-6-.